The summed E-state index contributed by atoms with van der Waals surface area (Å²) in [6.07, 6.45) is 2.21. The van der Waals surface area contributed by atoms with Crippen molar-refractivity contribution in [1.82, 2.24) is 10.2 Å². The highest BCUT2D eigenvalue weighted by molar-refractivity contribution is 6.32. The van der Waals surface area contributed by atoms with Gasteiger partial charge in [-0.15, -0.1) is 0 Å². The van der Waals surface area contributed by atoms with Crippen LogP contribution in [0, 0.1) is 0 Å². The first-order valence-corrected chi connectivity index (χ1v) is 7.98. The van der Waals surface area contributed by atoms with Crippen molar-refractivity contribution in [2.24, 2.45) is 0 Å². The predicted octanol–water partition coefficient (Wildman–Crippen LogP) is 2.49. The number of hydrogen-bond acceptors (Lipinski definition) is 3. The van der Waals surface area contributed by atoms with Crippen LogP contribution in [0.1, 0.15) is 25.3 Å². The Morgan fingerprint density at radius 2 is 2.14 bits per heavy atom. The first-order chi connectivity index (χ1) is 10.2. The fourth-order valence-electron chi connectivity index (χ4n) is 2.35. The van der Waals surface area contributed by atoms with Crippen LogP contribution in [0.4, 0.5) is 0 Å². The van der Waals surface area contributed by atoms with E-state index in [4.69, 9.17) is 16.3 Å². The van der Waals surface area contributed by atoms with E-state index >= 15 is 0 Å². The second kappa shape index (κ2) is 8.25. The Balaban J connectivity index is 1.85. The molecule has 5 heteroatoms. The minimum absolute atomic E-state index is 0.221. The van der Waals surface area contributed by atoms with E-state index in [9.17, 15) is 4.79 Å². The lowest BCUT2D eigenvalue weighted by molar-refractivity contribution is -0.131. The number of ether oxygens (including phenoxy) is 1. The minimum atomic E-state index is 0.221. The molecule has 1 aromatic rings. The molecule has 0 spiro atoms. The van der Waals surface area contributed by atoms with Crippen LogP contribution in [0.25, 0.3) is 0 Å². The average molecular weight is 311 g/mol. The molecule has 0 atom stereocenters. The van der Waals surface area contributed by atoms with Crippen LogP contribution in [0.3, 0.4) is 0 Å². The summed E-state index contributed by atoms with van der Waals surface area (Å²) in [6, 6.07) is 5.78. The third-order valence-corrected chi connectivity index (χ3v) is 3.85. The van der Waals surface area contributed by atoms with Gasteiger partial charge in [0.25, 0.3) is 0 Å². The SMILES string of the molecule is CCCOc1ccc(CCC(=O)N2CCNCC2)cc1Cl. The Morgan fingerprint density at radius 3 is 2.81 bits per heavy atom. The maximum Gasteiger partial charge on any atom is 0.222 e. The molecule has 4 nitrogen and oxygen atoms in total. The molecule has 1 N–H and O–H groups in total. The van der Waals surface area contributed by atoms with E-state index in [1.807, 2.05) is 23.1 Å². The zero-order chi connectivity index (χ0) is 15.1. The van der Waals surface area contributed by atoms with Crippen LogP contribution in [0.2, 0.25) is 5.02 Å². The van der Waals surface area contributed by atoms with Crippen molar-refractivity contribution in [3.8, 4) is 5.75 Å². The summed E-state index contributed by atoms with van der Waals surface area (Å²) < 4.78 is 5.55. The van der Waals surface area contributed by atoms with Crippen LogP contribution >= 0.6 is 11.6 Å². The molecule has 1 aliphatic heterocycles. The predicted molar refractivity (Wildman–Crippen MR) is 85.0 cm³/mol. The quantitative estimate of drug-likeness (QED) is 0.878. The molecule has 0 bridgehead atoms. The van der Waals surface area contributed by atoms with Gasteiger partial charge in [-0.05, 0) is 30.5 Å². The molecule has 1 fully saturated rings. The van der Waals surface area contributed by atoms with Gasteiger partial charge in [0.05, 0.1) is 11.6 Å². The lowest BCUT2D eigenvalue weighted by Gasteiger charge is -2.27. The highest BCUT2D eigenvalue weighted by Crippen LogP contribution is 2.26. The van der Waals surface area contributed by atoms with E-state index in [0.29, 0.717) is 18.1 Å². The number of nitrogens with zero attached hydrogens (tertiary/aromatic N) is 1. The van der Waals surface area contributed by atoms with Crippen LogP contribution in [0.5, 0.6) is 5.75 Å². The number of carbonyl (C=O) groups is 1. The van der Waals surface area contributed by atoms with E-state index in [1.165, 1.54) is 0 Å². The number of nitrogens with one attached hydrogen (secondary N) is 1. The molecule has 1 aromatic carbocycles. The van der Waals surface area contributed by atoms with Crippen molar-refractivity contribution in [3.63, 3.8) is 0 Å². The standard InChI is InChI=1S/C16H23ClN2O2/c1-2-11-21-15-5-3-13(12-14(15)17)4-6-16(20)19-9-7-18-8-10-19/h3,5,12,18H,2,4,6-11H2,1H3. The summed E-state index contributed by atoms with van der Waals surface area (Å²) in [4.78, 5) is 14.0. The Bertz CT molecular complexity index is 473. The normalized spacial score (nSPS) is 15.0. The second-order valence-corrected chi connectivity index (χ2v) is 5.65. The lowest BCUT2D eigenvalue weighted by Crippen LogP contribution is -2.46. The van der Waals surface area contributed by atoms with Crippen molar-refractivity contribution in [2.45, 2.75) is 26.2 Å². The molecule has 1 amide bonds. The molecule has 1 aliphatic rings. The first-order valence-electron chi connectivity index (χ1n) is 7.60. The second-order valence-electron chi connectivity index (χ2n) is 5.24. The Labute approximate surface area is 131 Å². The van der Waals surface area contributed by atoms with Crippen LogP contribution in [0.15, 0.2) is 18.2 Å². The van der Waals surface area contributed by atoms with E-state index in [2.05, 4.69) is 12.2 Å². The molecule has 0 aromatic heterocycles. The third kappa shape index (κ3) is 4.90. The summed E-state index contributed by atoms with van der Waals surface area (Å²) in [7, 11) is 0. The average Bonchev–Trinajstić information content (AvgIpc) is 2.52. The Kier molecular flexibility index (Phi) is 6.33. The number of benzene rings is 1. The van der Waals surface area contributed by atoms with Crippen LogP contribution in [-0.4, -0.2) is 43.6 Å². The van der Waals surface area contributed by atoms with Crippen molar-refractivity contribution >= 4 is 17.5 Å². The molecule has 116 valence electrons. The summed E-state index contributed by atoms with van der Waals surface area (Å²) in [6.45, 7) is 6.12. The van der Waals surface area contributed by atoms with Crippen molar-refractivity contribution < 1.29 is 9.53 Å². The third-order valence-electron chi connectivity index (χ3n) is 3.56. The number of rotatable bonds is 6. The number of piperazine rings is 1. The fourth-order valence-corrected chi connectivity index (χ4v) is 2.61. The molecule has 1 saturated heterocycles. The van der Waals surface area contributed by atoms with E-state index in [1.54, 1.807) is 0 Å². The number of carbonyl (C=O) groups excluding carboxylic acids is 1. The molecule has 0 saturated carbocycles. The van der Waals surface area contributed by atoms with Crippen LogP contribution < -0.4 is 10.1 Å². The molecule has 1 heterocycles. The molecule has 0 radical (unpaired) electrons. The monoisotopic (exact) mass is 310 g/mol. The minimum Gasteiger partial charge on any atom is -0.492 e. The number of halogens is 1. The summed E-state index contributed by atoms with van der Waals surface area (Å²) in [5.74, 6) is 0.939. The largest absolute Gasteiger partial charge is 0.492 e. The van der Waals surface area contributed by atoms with Gasteiger partial charge in [0, 0.05) is 32.6 Å². The summed E-state index contributed by atoms with van der Waals surface area (Å²) in [5, 5.41) is 3.87. The van der Waals surface area contributed by atoms with Crippen LogP contribution in [-0.2, 0) is 11.2 Å². The van der Waals surface area contributed by atoms with Gasteiger partial charge in [-0.1, -0.05) is 24.6 Å². The highest BCUT2D eigenvalue weighted by Gasteiger charge is 2.15. The smallest absolute Gasteiger partial charge is 0.222 e. The lowest BCUT2D eigenvalue weighted by atomic mass is 10.1. The van der Waals surface area contributed by atoms with Gasteiger partial charge in [0.2, 0.25) is 5.91 Å². The van der Waals surface area contributed by atoms with Gasteiger partial charge < -0.3 is 15.0 Å². The molecule has 21 heavy (non-hydrogen) atoms. The number of aryl methyl sites for hydroxylation is 1. The summed E-state index contributed by atoms with van der Waals surface area (Å²) in [5.41, 5.74) is 1.08. The van der Waals surface area contributed by atoms with Gasteiger partial charge in [-0.25, -0.2) is 0 Å². The molecule has 0 unspecified atom stereocenters. The highest BCUT2D eigenvalue weighted by atomic mass is 35.5. The van der Waals surface area contributed by atoms with Crippen molar-refractivity contribution in [1.29, 1.82) is 0 Å². The van der Waals surface area contributed by atoms with Gasteiger partial charge in [0.15, 0.2) is 0 Å². The first kappa shape index (κ1) is 16.1. The van der Waals surface area contributed by atoms with Gasteiger partial charge in [-0.3, -0.25) is 4.79 Å². The van der Waals surface area contributed by atoms with E-state index < -0.39 is 0 Å². The van der Waals surface area contributed by atoms with Gasteiger partial charge in [-0.2, -0.15) is 0 Å². The maximum atomic E-state index is 12.1. The van der Waals surface area contributed by atoms with E-state index in [-0.39, 0.29) is 5.91 Å². The van der Waals surface area contributed by atoms with Gasteiger partial charge >= 0.3 is 0 Å². The Hall–Kier alpha value is -1.26. The fraction of sp³-hybridized carbons (Fsp3) is 0.562. The van der Waals surface area contributed by atoms with Gasteiger partial charge in [0.1, 0.15) is 5.75 Å². The number of hydrogen-bond donors (Lipinski definition) is 1. The molecule has 2 rings (SSSR count). The van der Waals surface area contributed by atoms with Crippen molar-refractivity contribution in [2.75, 3.05) is 32.8 Å². The zero-order valence-electron chi connectivity index (χ0n) is 12.5. The molecular formula is C16H23ClN2O2. The Morgan fingerprint density at radius 1 is 1.38 bits per heavy atom. The zero-order valence-corrected chi connectivity index (χ0v) is 13.3. The molecular weight excluding hydrogens is 288 g/mol. The topological polar surface area (TPSA) is 41.6 Å². The maximum absolute atomic E-state index is 12.1. The molecule has 0 aliphatic carbocycles. The van der Waals surface area contributed by atoms with Crippen molar-refractivity contribution in [3.05, 3.63) is 28.8 Å². The summed E-state index contributed by atoms with van der Waals surface area (Å²) >= 11 is 6.20. The number of amides is 1. The van der Waals surface area contributed by atoms with E-state index in [0.717, 1.165) is 50.3 Å².